The summed E-state index contributed by atoms with van der Waals surface area (Å²) in [6.45, 7) is 2.24. The summed E-state index contributed by atoms with van der Waals surface area (Å²) >= 11 is 0. The van der Waals surface area contributed by atoms with E-state index in [1.54, 1.807) is 25.1 Å². The van der Waals surface area contributed by atoms with Gasteiger partial charge in [-0.05, 0) is 30.7 Å². The average molecular weight is 309 g/mol. The van der Waals surface area contributed by atoms with Crippen molar-refractivity contribution in [3.8, 4) is 11.5 Å². The maximum Gasteiger partial charge on any atom is 0.332 e. The molecule has 2 amide bonds. The minimum absolute atomic E-state index is 0.137. The highest BCUT2D eigenvalue weighted by Crippen LogP contribution is 2.27. The van der Waals surface area contributed by atoms with Crippen LogP contribution >= 0.6 is 0 Å². The number of carbonyl (C=O) groups is 2. The van der Waals surface area contributed by atoms with Crippen LogP contribution in [0.3, 0.4) is 0 Å². The molecule has 0 bridgehead atoms. The molecule has 0 radical (unpaired) electrons. The number of benzene rings is 1. The van der Waals surface area contributed by atoms with Crippen molar-refractivity contribution < 1.29 is 23.8 Å². The number of nitrogens with two attached hydrogens (primary N) is 1. The van der Waals surface area contributed by atoms with Crippen molar-refractivity contribution in [3.63, 3.8) is 0 Å². The summed E-state index contributed by atoms with van der Waals surface area (Å²) in [5.74, 6) is 0.642. The fourth-order valence-corrected chi connectivity index (χ4v) is 1.53. The molecule has 22 heavy (non-hydrogen) atoms. The van der Waals surface area contributed by atoms with Crippen LogP contribution in [0.4, 0.5) is 4.79 Å². The van der Waals surface area contributed by atoms with Gasteiger partial charge in [0.1, 0.15) is 0 Å². The highest BCUT2D eigenvalue weighted by molar-refractivity contribution is 5.82. The standard InChI is InChI=1S/C14H19N3O5/c1-3-21-13(18)6-7-22-12-8-10(4-5-11(12)20-2)9-16-17-14(15)19/h4-5,8-9H,3,6-7H2,1-2H3,(H3,15,17,19). The number of hydrazone groups is 1. The number of hydrogen-bond acceptors (Lipinski definition) is 6. The number of nitrogens with one attached hydrogen (secondary N) is 1. The quantitative estimate of drug-likeness (QED) is 0.423. The first-order chi connectivity index (χ1) is 10.6. The van der Waals surface area contributed by atoms with Crippen molar-refractivity contribution in [2.24, 2.45) is 10.8 Å². The molecule has 0 fully saturated rings. The Balaban J connectivity index is 2.68. The molecule has 0 atom stereocenters. The molecule has 0 heterocycles. The number of rotatable bonds is 8. The van der Waals surface area contributed by atoms with E-state index in [0.29, 0.717) is 23.7 Å². The number of primary amides is 1. The Morgan fingerprint density at radius 2 is 2.14 bits per heavy atom. The van der Waals surface area contributed by atoms with E-state index in [9.17, 15) is 9.59 Å². The maximum atomic E-state index is 11.3. The molecule has 0 spiro atoms. The van der Waals surface area contributed by atoms with Gasteiger partial charge in [0, 0.05) is 0 Å². The lowest BCUT2D eigenvalue weighted by molar-refractivity contribution is -0.143. The van der Waals surface area contributed by atoms with Gasteiger partial charge in [-0.1, -0.05) is 0 Å². The summed E-state index contributed by atoms with van der Waals surface area (Å²) in [6.07, 6.45) is 1.54. The van der Waals surface area contributed by atoms with Crippen LogP contribution in [0.25, 0.3) is 0 Å². The van der Waals surface area contributed by atoms with E-state index in [1.807, 2.05) is 0 Å². The molecule has 120 valence electrons. The number of nitrogens with zero attached hydrogens (tertiary/aromatic N) is 1. The van der Waals surface area contributed by atoms with E-state index in [0.717, 1.165) is 0 Å². The van der Waals surface area contributed by atoms with Crippen LogP contribution in [0.1, 0.15) is 18.9 Å². The van der Waals surface area contributed by atoms with Crippen molar-refractivity contribution in [2.45, 2.75) is 13.3 Å². The number of amides is 2. The van der Waals surface area contributed by atoms with Gasteiger partial charge in [-0.2, -0.15) is 5.10 Å². The van der Waals surface area contributed by atoms with Gasteiger partial charge in [0.05, 0.1) is 33.0 Å². The Kier molecular flexibility index (Phi) is 7.24. The Bertz CT molecular complexity index is 545. The fraction of sp³-hybridized carbons (Fsp3) is 0.357. The minimum Gasteiger partial charge on any atom is -0.493 e. The van der Waals surface area contributed by atoms with Gasteiger partial charge < -0.3 is 19.9 Å². The molecular weight excluding hydrogens is 290 g/mol. The molecule has 1 aromatic carbocycles. The van der Waals surface area contributed by atoms with E-state index in [1.165, 1.54) is 13.3 Å². The van der Waals surface area contributed by atoms with Crippen LogP contribution in [0.2, 0.25) is 0 Å². The maximum absolute atomic E-state index is 11.3. The Hall–Kier alpha value is -2.77. The van der Waals surface area contributed by atoms with Gasteiger partial charge in [0.25, 0.3) is 0 Å². The summed E-state index contributed by atoms with van der Waals surface area (Å²) < 4.78 is 15.5. The number of esters is 1. The van der Waals surface area contributed by atoms with Crippen LogP contribution < -0.4 is 20.6 Å². The molecule has 1 aromatic rings. The van der Waals surface area contributed by atoms with Gasteiger partial charge in [0.15, 0.2) is 11.5 Å². The second-order valence-corrected chi connectivity index (χ2v) is 4.05. The van der Waals surface area contributed by atoms with Gasteiger partial charge >= 0.3 is 12.0 Å². The van der Waals surface area contributed by atoms with E-state index >= 15 is 0 Å². The molecule has 0 unspecified atom stereocenters. The number of ether oxygens (including phenoxy) is 3. The zero-order valence-corrected chi connectivity index (χ0v) is 12.5. The lowest BCUT2D eigenvalue weighted by atomic mass is 10.2. The molecule has 0 aliphatic rings. The first-order valence-corrected chi connectivity index (χ1v) is 6.61. The molecule has 3 N–H and O–H groups in total. The normalized spacial score (nSPS) is 10.3. The molecule has 0 saturated carbocycles. The number of methoxy groups -OCH3 is 1. The second kappa shape index (κ2) is 9.22. The summed E-state index contributed by atoms with van der Waals surface area (Å²) in [6, 6.07) is 4.32. The SMILES string of the molecule is CCOC(=O)CCOc1cc(C=NNC(N)=O)ccc1OC. The third-order valence-corrected chi connectivity index (χ3v) is 2.45. The minimum atomic E-state index is -0.754. The molecule has 0 aliphatic heterocycles. The summed E-state index contributed by atoms with van der Waals surface area (Å²) in [7, 11) is 1.51. The molecule has 1 rings (SSSR count). The highest BCUT2D eigenvalue weighted by atomic mass is 16.5. The zero-order chi connectivity index (χ0) is 16.4. The van der Waals surface area contributed by atoms with E-state index in [2.05, 4.69) is 10.5 Å². The lowest BCUT2D eigenvalue weighted by Crippen LogP contribution is -2.24. The molecule has 0 aromatic heterocycles. The Morgan fingerprint density at radius 3 is 2.77 bits per heavy atom. The van der Waals surface area contributed by atoms with E-state index in [-0.39, 0.29) is 19.0 Å². The van der Waals surface area contributed by atoms with Gasteiger partial charge in [-0.3, -0.25) is 4.79 Å². The fourth-order valence-electron chi connectivity index (χ4n) is 1.53. The Labute approximate surface area is 128 Å². The van der Waals surface area contributed by atoms with Crippen molar-refractivity contribution in [1.82, 2.24) is 5.43 Å². The van der Waals surface area contributed by atoms with Crippen LogP contribution in [0.15, 0.2) is 23.3 Å². The Morgan fingerprint density at radius 1 is 1.36 bits per heavy atom. The van der Waals surface area contributed by atoms with Crippen LogP contribution in [-0.2, 0) is 9.53 Å². The molecule has 0 saturated heterocycles. The number of hydrogen-bond donors (Lipinski definition) is 2. The van der Waals surface area contributed by atoms with Crippen LogP contribution in [0, 0.1) is 0 Å². The zero-order valence-electron chi connectivity index (χ0n) is 12.5. The average Bonchev–Trinajstić information content (AvgIpc) is 2.47. The summed E-state index contributed by atoms with van der Waals surface area (Å²) in [4.78, 5) is 21.8. The first-order valence-electron chi connectivity index (χ1n) is 6.61. The highest BCUT2D eigenvalue weighted by Gasteiger charge is 2.07. The predicted octanol–water partition coefficient (Wildman–Crippen LogP) is 1.03. The molecule has 0 aliphatic carbocycles. The van der Waals surface area contributed by atoms with Crippen molar-refractivity contribution in [2.75, 3.05) is 20.3 Å². The largest absolute Gasteiger partial charge is 0.493 e. The molecule has 8 nitrogen and oxygen atoms in total. The van der Waals surface area contributed by atoms with Crippen molar-refractivity contribution >= 4 is 18.2 Å². The number of carbonyl (C=O) groups excluding carboxylic acids is 2. The van der Waals surface area contributed by atoms with Gasteiger partial charge in [-0.25, -0.2) is 10.2 Å². The number of urea groups is 1. The second-order valence-electron chi connectivity index (χ2n) is 4.05. The summed E-state index contributed by atoms with van der Waals surface area (Å²) in [5.41, 5.74) is 7.66. The molecular formula is C14H19N3O5. The van der Waals surface area contributed by atoms with Crippen LogP contribution in [0.5, 0.6) is 11.5 Å². The van der Waals surface area contributed by atoms with Crippen molar-refractivity contribution in [1.29, 1.82) is 0 Å². The van der Waals surface area contributed by atoms with E-state index < -0.39 is 6.03 Å². The van der Waals surface area contributed by atoms with Crippen molar-refractivity contribution in [3.05, 3.63) is 23.8 Å². The lowest BCUT2D eigenvalue weighted by Gasteiger charge is -2.11. The smallest absolute Gasteiger partial charge is 0.332 e. The van der Waals surface area contributed by atoms with Crippen LogP contribution in [-0.4, -0.2) is 38.5 Å². The summed E-state index contributed by atoms with van der Waals surface area (Å²) in [5, 5.41) is 3.65. The first kappa shape index (κ1) is 17.3. The van der Waals surface area contributed by atoms with Gasteiger partial charge in [-0.15, -0.1) is 0 Å². The molecule has 8 heteroatoms. The topological polar surface area (TPSA) is 112 Å². The van der Waals surface area contributed by atoms with Gasteiger partial charge in [0.2, 0.25) is 0 Å². The monoisotopic (exact) mass is 309 g/mol. The predicted molar refractivity (Wildman–Crippen MR) is 80.1 cm³/mol. The third kappa shape index (κ3) is 6.12. The third-order valence-electron chi connectivity index (χ3n) is 2.45. The van der Waals surface area contributed by atoms with E-state index in [4.69, 9.17) is 19.9 Å².